The van der Waals surface area contributed by atoms with E-state index >= 15 is 0 Å². The number of H-pyrrole nitrogens is 1. The molecule has 2 amide bonds. The van der Waals surface area contributed by atoms with Crippen LogP contribution in [0.2, 0.25) is 0 Å². The van der Waals surface area contributed by atoms with Crippen LogP contribution in [-0.4, -0.2) is 26.5 Å². The lowest BCUT2D eigenvalue weighted by Gasteiger charge is -2.25. The summed E-state index contributed by atoms with van der Waals surface area (Å²) in [6, 6.07) is 15.0. The number of aromatic nitrogens is 2. The van der Waals surface area contributed by atoms with E-state index in [2.05, 4.69) is 10.3 Å². The third-order valence-electron chi connectivity index (χ3n) is 5.50. The van der Waals surface area contributed by atoms with Crippen molar-refractivity contribution in [2.45, 2.75) is 11.5 Å². The maximum atomic E-state index is 12.8. The second-order valence-corrected chi connectivity index (χ2v) is 6.98. The number of nitrogens with one attached hydrogen (secondary N) is 2. The zero-order valence-electron chi connectivity index (χ0n) is 14.6. The molecule has 3 heterocycles. The molecule has 0 bridgehead atoms. The second-order valence-electron chi connectivity index (χ2n) is 6.98. The molecule has 27 heavy (non-hydrogen) atoms. The first-order valence-electron chi connectivity index (χ1n) is 8.70. The van der Waals surface area contributed by atoms with E-state index in [1.807, 2.05) is 66.3 Å². The maximum Gasteiger partial charge on any atom is 0.264 e. The topological polar surface area (TPSA) is 87.1 Å². The van der Waals surface area contributed by atoms with Crippen molar-refractivity contribution in [2.24, 2.45) is 7.05 Å². The van der Waals surface area contributed by atoms with E-state index in [4.69, 9.17) is 0 Å². The number of hydrogen-bond donors (Lipinski definition) is 3. The summed E-state index contributed by atoms with van der Waals surface area (Å²) in [6.45, 7) is 0. The molecule has 6 heteroatoms. The highest BCUT2D eigenvalue weighted by atomic mass is 16.3. The van der Waals surface area contributed by atoms with Crippen LogP contribution < -0.4 is 5.32 Å². The molecule has 0 aliphatic carbocycles. The predicted octanol–water partition coefficient (Wildman–Crippen LogP) is 2.29. The highest BCUT2D eigenvalue weighted by Gasteiger charge is 2.57. The Morgan fingerprint density at radius 3 is 2.56 bits per heavy atom. The average molecular weight is 359 g/mol. The molecule has 2 atom stereocenters. The Balaban J connectivity index is 1.80. The zero-order valence-corrected chi connectivity index (χ0v) is 14.6. The molecule has 0 saturated carbocycles. The number of aryl methyl sites for hydroxylation is 1. The van der Waals surface area contributed by atoms with Gasteiger partial charge in [-0.15, -0.1) is 0 Å². The first-order valence-corrected chi connectivity index (χ1v) is 8.70. The van der Waals surface area contributed by atoms with Gasteiger partial charge in [0, 0.05) is 46.8 Å². The number of aliphatic hydroxyl groups is 1. The first-order chi connectivity index (χ1) is 13.0. The smallest absolute Gasteiger partial charge is 0.264 e. The van der Waals surface area contributed by atoms with Gasteiger partial charge in [0.2, 0.25) is 5.91 Å². The number of nitrogens with zero attached hydrogens (tertiary/aromatic N) is 1. The molecular formula is C21H17N3O3. The van der Waals surface area contributed by atoms with Crippen molar-refractivity contribution in [3.63, 3.8) is 0 Å². The summed E-state index contributed by atoms with van der Waals surface area (Å²) in [5.41, 5.74) is 0.773. The number of hydrogen-bond acceptors (Lipinski definition) is 3. The van der Waals surface area contributed by atoms with Gasteiger partial charge >= 0.3 is 0 Å². The lowest BCUT2D eigenvalue weighted by atomic mass is 9.79. The molecule has 2 aromatic carbocycles. The van der Waals surface area contributed by atoms with Crippen LogP contribution in [0.1, 0.15) is 17.0 Å². The van der Waals surface area contributed by atoms with Crippen LogP contribution in [-0.2, 0) is 22.2 Å². The van der Waals surface area contributed by atoms with Crippen molar-refractivity contribution in [3.8, 4) is 0 Å². The number of amides is 2. The van der Waals surface area contributed by atoms with E-state index in [1.54, 1.807) is 6.20 Å². The predicted molar refractivity (Wildman–Crippen MR) is 101 cm³/mol. The van der Waals surface area contributed by atoms with Crippen molar-refractivity contribution < 1.29 is 14.7 Å². The van der Waals surface area contributed by atoms with E-state index in [-0.39, 0.29) is 0 Å². The van der Waals surface area contributed by atoms with Gasteiger partial charge < -0.3 is 14.7 Å². The van der Waals surface area contributed by atoms with Gasteiger partial charge in [-0.3, -0.25) is 14.9 Å². The van der Waals surface area contributed by atoms with Gasteiger partial charge in [-0.05, 0) is 17.7 Å². The van der Waals surface area contributed by atoms with Crippen molar-refractivity contribution >= 4 is 33.6 Å². The molecule has 3 N–H and O–H groups in total. The van der Waals surface area contributed by atoms with E-state index in [0.717, 1.165) is 21.8 Å². The van der Waals surface area contributed by atoms with Crippen LogP contribution in [0.15, 0.2) is 60.9 Å². The first kappa shape index (κ1) is 15.8. The molecule has 1 aliphatic heterocycles. The minimum Gasteiger partial charge on any atom is -0.374 e. The summed E-state index contributed by atoms with van der Waals surface area (Å²) in [4.78, 5) is 28.6. The summed E-state index contributed by atoms with van der Waals surface area (Å²) >= 11 is 0. The van der Waals surface area contributed by atoms with Crippen LogP contribution in [0.3, 0.4) is 0 Å². The number of aromatic amines is 1. The highest BCUT2D eigenvalue weighted by molar-refractivity contribution is 6.14. The number of carbonyl (C=O) groups is 2. The van der Waals surface area contributed by atoms with Crippen LogP contribution in [0.25, 0.3) is 21.8 Å². The Morgan fingerprint density at radius 2 is 1.74 bits per heavy atom. The maximum absolute atomic E-state index is 12.8. The standard InChI is InChI=1S/C21H17N3O3/c1-24-11-14(12-6-3-5-9-17(12)24)18-19(25)23-20(26)21(18,27)15-10-22-16-8-4-2-7-13(15)16/h2-11,18,22,27H,1H3,(H,23,25,26). The Hall–Kier alpha value is -3.38. The molecular weight excluding hydrogens is 342 g/mol. The van der Waals surface area contributed by atoms with Crippen molar-refractivity contribution in [1.82, 2.24) is 14.9 Å². The van der Waals surface area contributed by atoms with Crippen molar-refractivity contribution in [3.05, 3.63) is 72.1 Å². The SMILES string of the molecule is Cn1cc(C2C(=O)NC(=O)C2(O)c2c[nH]c3ccccc23)c2ccccc21. The van der Waals surface area contributed by atoms with Gasteiger partial charge in [0.1, 0.15) is 5.92 Å². The molecule has 5 rings (SSSR count). The minimum atomic E-state index is -1.99. The van der Waals surface area contributed by atoms with E-state index in [9.17, 15) is 14.7 Å². The van der Waals surface area contributed by atoms with Gasteiger partial charge in [-0.1, -0.05) is 36.4 Å². The number of imide groups is 1. The molecule has 4 aromatic rings. The fraction of sp³-hybridized carbons (Fsp3) is 0.143. The van der Waals surface area contributed by atoms with Crippen LogP contribution in [0, 0.1) is 0 Å². The summed E-state index contributed by atoms with van der Waals surface area (Å²) in [7, 11) is 1.88. The minimum absolute atomic E-state index is 0.402. The summed E-state index contributed by atoms with van der Waals surface area (Å²) in [5, 5.41) is 15.5. The van der Waals surface area contributed by atoms with Gasteiger partial charge in [-0.2, -0.15) is 0 Å². The Bertz CT molecular complexity index is 1240. The summed E-state index contributed by atoms with van der Waals surface area (Å²) < 4.78 is 1.90. The van der Waals surface area contributed by atoms with Crippen molar-refractivity contribution in [1.29, 1.82) is 0 Å². The second kappa shape index (κ2) is 5.31. The molecule has 0 spiro atoms. The zero-order chi connectivity index (χ0) is 18.8. The van der Waals surface area contributed by atoms with E-state index in [1.165, 1.54) is 0 Å². The van der Waals surface area contributed by atoms with Gasteiger partial charge in [0.05, 0.1) is 0 Å². The molecule has 2 aromatic heterocycles. The fourth-order valence-electron chi connectivity index (χ4n) is 4.23. The lowest BCUT2D eigenvalue weighted by Crippen LogP contribution is -2.38. The molecule has 1 fully saturated rings. The van der Waals surface area contributed by atoms with Gasteiger partial charge in [0.15, 0.2) is 5.60 Å². The lowest BCUT2D eigenvalue weighted by molar-refractivity contribution is -0.137. The molecule has 0 radical (unpaired) electrons. The molecule has 134 valence electrons. The van der Waals surface area contributed by atoms with Gasteiger partial charge in [0.25, 0.3) is 5.91 Å². The van der Waals surface area contributed by atoms with Crippen LogP contribution in [0.4, 0.5) is 0 Å². The number of benzene rings is 2. The van der Waals surface area contributed by atoms with Crippen molar-refractivity contribution in [2.75, 3.05) is 0 Å². The normalized spacial score (nSPS) is 22.7. The molecule has 1 saturated heterocycles. The monoisotopic (exact) mass is 359 g/mol. The average Bonchev–Trinajstić information content (AvgIpc) is 3.30. The number of para-hydroxylation sites is 2. The Morgan fingerprint density at radius 1 is 1.04 bits per heavy atom. The largest absolute Gasteiger partial charge is 0.374 e. The molecule has 1 aliphatic rings. The quantitative estimate of drug-likeness (QED) is 0.480. The number of rotatable bonds is 2. The Kier molecular flexibility index (Phi) is 3.12. The fourth-order valence-corrected chi connectivity index (χ4v) is 4.23. The third-order valence-corrected chi connectivity index (χ3v) is 5.50. The Labute approximate surface area is 154 Å². The van der Waals surface area contributed by atoms with Crippen LogP contribution in [0.5, 0.6) is 0 Å². The van der Waals surface area contributed by atoms with E-state index < -0.39 is 23.3 Å². The van der Waals surface area contributed by atoms with E-state index in [0.29, 0.717) is 11.1 Å². The third kappa shape index (κ3) is 1.98. The summed E-state index contributed by atoms with van der Waals surface area (Å²) in [5.74, 6) is -2.23. The molecule has 6 nitrogen and oxygen atoms in total. The highest BCUT2D eigenvalue weighted by Crippen LogP contribution is 2.46. The summed E-state index contributed by atoms with van der Waals surface area (Å²) in [6.07, 6.45) is 3.42. The number of fused-ring (bicyclic) bond motifs is 2. The van der Waals surface area contributed by atoms with Crippen LogP contribution >= 0.6 is 0 Å². The molecule has 2 unspecified atom stereocenters. The van der Waals surface area contributed by atoms with Gasteiger partial charge in [-0.25, -0.2) is 0 Å². The number of carbonyl (C=O) groups excluding carboxylic acids is 2.